The third-order valence-corrected chi connectivity index (χ3v) is 6.17. The molecule has 1 N–H and O–H groups in total. The Labute approximate surface area is 118 Å². The number of piperazine rings is 1. The number of nitrogens with zero attached hydrogens (tertiary/aromatic N) is 1. The minimum atomic E-state index is 0.296. The van der Waals surface area contributed by atoms with Crippen molar-refractivity contribution in [1.29, 1.82) is 0 Å². The van der Waals surface area contributed by atoms with Gasteiger partial charge in [-0.1, -0.05) is 13.8 Å². The molecule has 110 valence electrons. The molecule has 0 amide bonds. The second-order valence-electron chi connectivity index (χ2n) is 7.89. The molecule has 3 rings (SSSR count). The molecule has 1 saturated heterocycles. The van der Waals surface area contributed by atoms with Crippen LogP contribution in [0.25, 0.3) is 0 Å². The van der Waals surface area contributed by atoms with Gasteiger partial charge in [0.2, 0.25) is 0 Å². The first-order valence-electron chi connectivity index (χ1n) is 7.92. The highest BCUT2D eigenvalue weighted by atomic mass is 16.5. The van der Waals surface area contributed by atoms with E-state index in [0.717, 1.165) is 12.5 Å². The van der Waals surface area contributed by atoms with Crippen molar-refractivity contribution in [3.63, 3.8) is 0 Å². The molecule has 3 heteroatoms. The van der Waals surface area contributed by atoms with E-state index >= 15 is 0 Å². The highest BCUT2D eigenvalue weighted by Crippen LogP contribution is 2.49. The summed E-state index contributed by atoms with van der Waals surface area (Å²) in [6.45, 7) is 11.9. The summed E-state index contributed by atoms with van der Waals surface area (Å²) in [5.41, 5.74) is 0.644. The summed E-state index contributed by atoms with van der Waals surface area (Å²) in [4.78, 5) is 2.77. The number of nitrogens with one attached hydrogen (secondary N) is 1. The summed E-state index contributed by atoms with van der Waals surface area (Å²) in [6, 6.07) is 1.33. The van der Waals surface area contributed by atoms with Crippen molar-refractivity contribution in [2.75, 3.05) is 20.2 Å². The molecule has 2 aliphatic carbocycles. The van der Waals surface area contributed by atoms with Crippen LogP contribution in [0.5, 0.6) is 0 Å². The molecule has 0 aromatic heterocycles. The lowest BCUT2D eigenvalue weighted by Gasteiger charge is -2.60. The van der Waals surface area contributed by atoms with Gasteiger partial charge in [0.1, 0.15) is 0 Å². The van der Waals surface area contributed by atoms with Crippen LogP contribution in [0.3, 0.4) is 0 Å². The molecule has 0 radical (unpaired) electrons. The van der Waals surface area contributed by atoms with E-state index in [4.69, 9.17) is 4.74 Å². The van der Waals surface area contributed by atoms with Crippen molar-refractivity contribution >= 4 is 0 Å². The third-order valence-electron chi connectivity index (χ3n) is 6.17. The molecule has 1 heterocycles. The fourth-order valence-corrected chi connectivity index (χ4v) is 4.33. The average molecular weight is 266 g/mol. The van der Waals surface area contributed by atoms with E-state index in [9.17, 15) is 0 Å². The largest absolute Gasteiger partial charge is 0.381 e. The van der Waals surface area contributed by atoms with Gasteiger partial charge in [-0.15, -0.1) is 0 Å². The second kappa shape index (κ2) is 4.44. The van der Waals surface area contributed by atoms with Gasteiger partial charge in [-0.3, -0.25) is 4.90 Å². The van der Waals surface area contributed by atoms with E-state index in [1.54, 1.807) is 0 Å². The smallest absolute Gasteiger partial charge is 0.0652 e. The van der Waals surface area contributed by atoms with Crippen molar-refractivity contribution in [3.05, 3.63) is 0 Å². The minimum Gasteiger partial charge on any atom is -0.381 e. The van der Waals surface area contributed by atoms with Gasteiger partial charge < -0.3 is 10.1 Å². The summed E-state index contributed by atoms with van der Waals surface area (Å²) in [5, 5.41) is 3.82. The summed E-state index contributed by atoms with van der Waals surface area (Å²) >= 11 is 0. The maximum absolute atomic E-state index is 5.63. The summed E-state index contributed by atoms with van der Waals surface area (Å²) in [5.74, 6) is 0.906. The first-order chi connectivity index (χ1) is 8.88. The minimum absolute atomic E-state index is 0.296. The monoisotopic (exact) mass is 266 g/mol. The molecule has 0 bridgehead atoms. The topological polar surface area (TPSA) is 24.5 Å². The van der Waals surface area contributed by atoms with Crippen molar-refractivity contribution < 1.29 is 4.74 Å². The molecule has 3 nitrogen and oxygen atoms in total. The van der Waals surface area contributed by atoms with Crippen LogP contribution < -0.4 is 5.32 Å². The van der Waals surface area contributed by atoms with E-state index in [-0.39, 0.29) is 0 Å². The van der Waals surface area contributed by atoms with Crippen molar-refractivity contribution in [2.24, 2.45) is 11.3 Å². The molecule has 4 unspecified atom stereocenters. The highest BCUT2D eigenvalue weighted by molar-refractivity contribution is 5.10. The van der Waals surface area contributed by atoms with Crippen LogP contribution in [-0.4, -0.2) is 48.8 Å². The highest BCUT2D eigenvalue weighted by Gasteiger charge is 2.55. The van der Waals surface area contributed by atoms with Crippen LogP contribution in [0.4, 0.5) is 0 Å². The van der Waals surface area contributed by atoms with Crippen LogP contribution in [0.15, 0.2) is 0 Å². The molecular formula is C16H30N2O. The van der Waals surface area contributed by atoms with Crippen molar-refractivity contribution in [2.45, 2.75) is 70.7 Å². The van der Waals surface area contributed by atoms with Gasteiger partial charge in [0.25, 0.3) is 0 Å². The first-order valence-corrected chi connectivity index (χ1v) is 7.92. The Balaban J connectivity index is 1.72. The second-order valence-corrected chi connectivity index (χ2v) is 7.89. The number of hydrogen-bond acceptors (Lipinski definition) is 3. The molecule has 0 aromatic rings. The fraction of sp³-hybridized carbons (Fsp3) is 1.00. The molecule has 1 aliphatic heterocycles. The SMILES string of the molecule is COC1CC(N2CC(C)(C3CC3)NCC2C)C1(C)C. The molecule has 3 aliphatic rings. The van der Waals surface area contributed by atoms with E-state index in [2.05, 4.69) is 37.9 Å². The lowest BCUT2D eigenvalue weighted by atomic mass is 9.63. The zero-order valence-corrected chi connectivity index (χ0v) is 13.2. The first kappa shape index (κ1) is 13.8. The van der Waals surface area contributed by atoms with E-state index in [0.29, 0.717) is 29.1 Å². The molecule has 0 spiro atoms. The number of methoxy groups -OCH3 is 1. The third kappa shape index (κ3) is 2.14. The standard InChI is InChI=1S/C16H30N2O/c1-11-9-17-16(4,12-6-7-12)10-18(11)13-8-14(19-5)15(13,2)3/h11-14,17H,6-10H2,1-5H3. The van der Waals surface area contributed by atoms with Crippen LogP contribution in [0.2, 0.25) is 0 Å². The number of rotatable bonds is 3. The van der Waals surface area contributed by atoms with E-state index in [1.165, 1.54) is 25.8 Å². The zero-order chi connectivity index (χ0) is 13.8. The molecule has 19 heavy (non-hydrogen) atoms. The Morgan fingerprint density at radius 3 is 2.42 bits per heavy atom. The zero-order valence-electron chi connectivity index (χ0n) is 13.2. The van der Waals surface area contributed by atoms with Crippen LogP contribution in [0.1, 0.15) is 47.0 Å². The van der Waals surface area contributed by atoms with Crippen LogP contribution in [-0.2, 0) is 4.74 Å². The van der Waals surface area contributed by atoms with Gasteiger partial charge in [0.15, 0.2) is 0 Å². The van der Waals surface area contributed by atoms with Crippen LogP contribution >= 0.6 is 0 Å². The predicted octanol–water partition coefficient (Wildman–Crippen LogP) is 2.26. The average Bonchev–Trinajstić information content (AvgIpc) is 3.17. The maximum Gasteiger partial charge on any atom is 0.0652 e. The van der Waals surface area contributed by atoms with Gasteiger partial charge in [-0.05, 0) is 39.0 Å². The molecule has 4 atom stereocenters. The van der Waals surface area contributed by atoms with Gasteiger partial charge in [-0.25, -0.2) is 0 Å². The molecule has 3 fully saturated rings. The predicted molar refractivity (Wildman–Crippen MR) is 78.3 cm³/mol. The van der Waals surface area contributed by atoms with Gasteiger partial charge in [0.05, 0.1) is 6.10 Å². The number of ether oxygens (including phenoxy) is 1. The molecular weight excluding hydrogens is 236 g/mol. The summed E-state index contributed by atoms with van der Waals surface area (Å²) in [6.07, 6.45) is 4.47. The Kier molecular flexibility index (Phi) is 3.23. The Bertz CT molecular complexity index is 353. The Morgan fingerprint density at radius 2 is 1.89 bits per heavy atom. The van der Waals surface area contributed by atoms with Crippen molar-refractivity contribution in [3.8, 4) is 0 Å². The van der Waals surface area contributed by atoms with Gasteiger partial charge in [-0.2, -0.15) is 0 Å². The van der Waals surface area contributed by atoms with E-state index < -0.39 is 0 Å². The normalized spacial score (nSPS) is 46.9. The quantitative estimate of drug-likeness (QED) is 0.848. The summed E-state index contributed by atoms with van der Waals surface area (Å²) < 4.78 is 5.63. The van der Waals surface area contributed by atoms with Gasteiger partial charge >= 0.3 is 0 Å². The Hall–Kier alpha value is -0.120. The molecule has 2 saturated carbocycles. The lowest BCUT2D eigenvalue weighted by Crippen LogP contribution is -2.71. The Morgan fingerprint density at radius 1 is 1.21 bits per heavy atom. The summed E-state index contributed by atoms with van der Waals surface area (Å²) in [7, 11) is 1.86. The maximum atomic E-state index is 5.63. The van der Waals surface area contributed by atoms with Crippen LogP contribution in [0, 0.1) is 11.3 Å². The fourth-order valence-electron chi connectivity index (χ4n) is 4.33. The van der Waals surface area contributed by atoms with E-state index in [1.807, 2.05) is 7.11 Å². The van der Waals surface area contributed by atoms with Gasteiger partial charge in [0, 0.05) is 43.2 Å². The van der Waals surface area contributed by atoms with Crippen molar-refractivity contribution in [1.82, 2.24) is 10.2 Å². The number of hydrogen-bond donors (Lipinski definition) is 1. The lowest BCUT2D eigenvalue weighted by molar-refractivity contribution is -0.156. The molecule has 0 aromatic carbocycles.